The zero-order valence-corrected chi connectivity index (χ0v) is 12.5. The van der Waals surface area contributed by atoms with Gasteiger partial charge in [-0.25, -0.2) is 4.98 Å². The lowest BCUT2D eigenvalue weighted by Crippen LogP contribution is -2.53. The molecular weight excluding hydrogens is 270 g/mol. The molecule has 0 bridgehead atoms. The van der Waals surface area contributed by atoms with E-state index in [1.165, 1.54) is 6.20 Å². The Morgan fingerprint density at radius 3 is 2.62 bits per heavy atom. The van der Waals surface area contributed by atoms with Crippen molar-refractivity contribution in [2.24, 2.45) is 11.8 Å². The van der Waals surface area contributed by atoms with Gasteiger partial charge in [-0.05, 0) is 19.1 Å². The van der Waals surface area contributed by atoms with Crippen molar-refractivity contribution < 1.29 is 14.7 Å². The van der Waals surface area contributed by atoms with Gasteiger partial charge in [-0.1, -0.05) is 13.8 Å². The lowest BCUT2D eigenvalue weighted by Gasteiger charge is -2.40. The van der Waals surface area contributed by atoms with Gasteiger partial charge in [-0.3, -0.25) is 9.59 Å². The fourth-order valence-corrected chi connectivity index (χ4v) is 2.07. The van der Waals surface area contributed by atoms with Gasteiger partial charge in [0.05, 0.1) is 6.10 Å². The summed E-state index contributed by atoms with van der Waals surface area (Å²) in [5.41, 5.74) is 0.494. The van der Waals surface area contributed by atoms with Gasteiger partial charge in [-0.2, -0.15) is 0 Å². The van der Waals surface area contributed by atoms with E-state index in [0.29, 0.717) is 24.5 Å². The number of likely N-dealkylation sites (tertiary alicyclic amines) is 1. The summed E-state index contributed by atoms with van der Waals surface area (Å²) in [5, 5.41) is 12.1. The molecule has 2 rings (SSSR count). The second-order valence-electron chi connectivity index (χ2n) is 5.78. The third-order valence-electron chi connectivity index (χ3n) is 3.66. The summed E-state index contributed by atoms with van der Waals surface area (Å²) in [6, 6.07) is 3.21. The van der Waals surface area contributed by atoms with Crippen molar-refractivity contribution in [3.8, 4) is 0 Å². The van der Waals surface area contributed by atoms with Gasteiger partial charge in [0, 0.05) is 36.7 Å². The maximum absolute atomic E-state index is 12.3. The first-order valence-corrected chi connectivity index (χ1v) is 7.12. The van der Waals surface area contributed by atoms with Crippen molar-refractivity contribution in [3.63, 3.8) is 0 Å². The molecule has 2 N–H and O–H groups in total. The van der Waals surface area contributed by atoms with Gasteiger partial charge < -0.3 is 15.3 Å². The number of anilines is 1. The van der Waals surface area contributed by atoms with Gasteiger partial charge in [0.25, 0.3) is 5.91 Å². The number of rotatable bonds is 4. The molecule has 1 aliphatic heterocycles. The molecule has 0 aromatic carbocycles. The van der Waals surface area contributed by atoms with Crippen LogP contribution in [0, 0.1) is 11.8 Å². The number of aliphatic hydroxyl groups is 1. The molecule has 1 fully saturated rings. The molecule has 6 nitrogen and oxygen atoms in total. The Morgan fingerprint density at radius 1 is 1.38 bits per heavy atom. The van der Waals surface area contributed by atoms with Crippen LogP contribution in [0.3, 0.4) is 0 Å². The number of aliphatic hydroxyl groups excluding tert-OH is 1. The van der Waals surface area contributed by atoms with E-state index in [9.17, 15) is 14.7 Å². The van der Waals surface area contributed by atoms with Crippen molar-refractivity contribution >= 4 is 17.6 Å². The average molecular weight is 291 g/mol. The Hall–Kier alpha value is -1.95. The maximum atomic E-state index is 12.3. The molecule has 1 aromatic heterocycles. The van der Waals surface area contributed by atoms with Crippen molar-refractivity contribution in [1.29, 1.82) is 0 Å². The molecule has 0 saturated carbocycles. The first-order chi connectivity index (χ1) is 9.88. The zero-order chi connectivity index (χ0) is 15.6. The van der Waals surface area contributed by atoms with Crippen LogP contribution in [0.25, 0.3) is 0 Å². The van der Waals surface area contributed by atoms with Crippen LogP contribution >= 0.6 is 0 Å². The van der Waals surface area contributed by atoms with E-state index < -0.39 is 6.10 Å². The van der Waals surface area contributed by atoms with Crippen LogP contribution in [0.4, 0.5) is 5.82 Å². The molecule has 2 amide bonds. The number of nitrogens with zero attached hydrogens (tertiary/aromatic N) is 2. The van der Waals surface area contributed by atoms with E-state index in [4.69, 9.17) is 0 Å². The molecular formula is C15H21N3O3. The van der Waals surface area contributed by atoms with Crippen LogP contribution in [0.15, 0.2) is 18.3 Å². The van der Waals surface area contributed by atoms with Gasteiger partial charge in [0.2, 0.25) is 5.91 Å². The monoisotopic (exact) mass is 291 g/mol. The molecule has 1 saturated heterocycles. The summed E-state index contributed by atoms with van der Waals surface area (Å²) in [6.07, 6.45) is 1.11. The topological polar surface area (TPSA) is 82.5 Å². The number of aromatic nitrogens is 1. The van der Waals surface area contributed by atoms with Crippen LogP contribution in [0.2, 0.25) is 0 Å². The third-order valence-corrected chi connectivity index (χ3v) is 3.66. The van der Waals surface area contributed by atoms with Crippen molar-refractivity contribution in [2.75, 3.05) is 18.4 Å². The smallest absolute Gasteiger partial charge is 0.254 e. The minimum absolute atomic E-state index is 0.102. The molecule has 2 heterocycles. The highest BCUT2D eigenvalue weighted by Crippen LogP contribution is 2.22. The Bertz CT molecular complexity index is 537. The van der Waals surface area contributed by atoms with Crippen LogP contribution in [0.1, 0.15) is 31.1 Å². The summed E-state index contributed by atoms with van der Waals surface area (Å²) < 4.78 is 0. The second-order valence-corrected chi connectivity index (χ2v) is 5.78. The van der Waals surface area contributed by atoms with E-state index in [1.54, 1.807) is 37.8 Å². The Morgan fingerprint density at radius 2 is 2.05 bits per heavy atom. The van der Waals surface area contributed by atoms with Crippen LogP contribution in [0.5, 0.6) is 0 Å². The van der Waals surface area contributed by atoms with E-state index in [-0.39, 0.29) is 23.7 Å². The largest absolute Gasteiger partial charge is 0.393 e. The predicted octanol–water partition coefficient (Wildman–Crippen LogP) is 1.13. The second kappa shape index (κ2) is 6.22. The van der Waals surface area contributed by atoms with Gasteiger partial charge in [0.1, 0.15) is 5.82 Å². The number of amides is 2. The first kappa shape index (κ1) is 15.4. The lowest BCUT2D eigenvalue weighted by molar-refractivity contribution is -0.118. The molecule has 1 aromatic rings. The SMILES string of the molecule is CC(C)C(=O)Nc1cc(C(=O)N2CC([C@H](C)O)C2)ccn1. The van der Waals surface area contributed by atoms with Crippen LogP contribution in [-0.4, -0.2) is 46.0 Å². The van der Waals surface area contributed by atoms with E-state index >= 15 is 0 Å². The molecule has 0 unspecified atom stereocenters. The number of carbonyl (C=O) groups excluding carboxylic acids is 2. The molecule has 21 heavy (non-hydrogen) atoms. The molecule has 1 aliphatic rings. The fraction of sp³-hybridized carbons (Fsp3) is 0.533. The van der Waals surface area contributed by atoms with Gasteiger partial charge in [-0.15, -0.1) is 0 Å². The highest BCUT2D eigenvalue weighted by Gasteiger charge is 2.34. The summed E-state index contributed by atoms with van der Waals surface area (Å²) in [4.78, 5) is 29.6. The average Bonchev–Trinajstić information content (AvgIpc) is 2.36. The van der Waals surface area contributed by atoms with Crippen LogP contribution < -0.4 is 5.32 Å². The highest BCUT2D eigenvalue weighted by molar-refractivity contribution is 5.97. The van der Waals surface area contributed by atoms with Crippen molar-refractivity contribution in [2.45, 2.75) is 26.9 Å². The van der Waals surface area contributed by atoms with Gasteiger partial charge in [0.15, 0.2) is 0 Å². The van der Waals surface area contributed by atoms with Crippen LogP contribution in [-0.2, 0) is 4.79 Å². The molecule has 0 spiro atoms. The number of pyridine rings is 1. The fourth-order valence-electron chi connectivity index (χ4n) is 2.07. The first-order valence-electron chi connectivity index (χ1n) is 7.12. The van der Waals surface area contributed by atoms with Crippen molar-refractivity contribution in [3.05, 3.63) is 23.9 Å². The predicted molar refractivity (Wildman–Crippen MR) is 78.8 cm³/mol. The Kier molecular flexibility index (Phi) is 4.57. The van der Waals surface area contributed by atoms with E-state index in [0.717, 1.165) is 0 Å². The Labute approximate surface area is 124 Å². The third kappa shape index (κ3) is 3.58. The summed E-state index contributed by atoms with van der Waals surface area (Å²) in [7, 11) is 0. The highest BCUT2D eigenvalue weighted by atomic mass is 16.3. The quantitative estimate of drug-likeness (QED) is 0.871. The molecule has 1 atom stereocenters. The molecule has 0 radical (unpaired) electrons. The number of carbonyl (C=O) groups is 2. The minimum atomic E-state index is -0.396. The zero-order valence-electron chi connectivity index (χ0n) is 12.5. The maximum Gasteiger partial charge on any atom is 0.254 e. The number of hydrogen-bond acceptors (Lipinski definition) is 4. The van der Waals surface area contributed by atoms with Crippen molar-refractivity contribution in [1.82, 2.24) is 9.88 Å². The standard InChI is InChI=1S/C15H21N3O3/c1-9(2)14(20)17-13-6-11(4-5-16-13)15(21)18-7-12(8-18)10(3)19/h4-6,9-10,12,19H,7-8H2,1-3H3,(H,16,17,20)/t10-/m0/s1. The van der Waals surface area contributed by atoms with E-state index in [1.807, 2.05) is 0 Å². The summed E-state index contributed by atoms with van der Waals surface area (Å²) in [6.45, 7) is 6.44. The minimum Gasteiger partial charge on any atom is -0.393 e. The van der Waals surface area contributed by atoms with E-state index in [2.05, 4.69) is 10.3 Å². The molecule has 114 valence electrons. The number of hydrogen-bond donors (Lipinski definition) is 2. The summed E-state index contributed by atoms with van der Waals surface area (Å²) >= 11 is 0. The van der Waals surface area contributed by atoms with Gasteiger partial charge >= 0.3 is 0 Å². The molecule has 0 aliphatic carbocycles. The normalized spacial score (nSPS) is 16.5. The summed E-state index contributed by atoms with van der Waals surface area (Å²) in [5.74, 6) is 0.149. The Balaban J connectivity index is 2.01. The molecule has 6 heteroatoms. The number of nitrogens with one attached hydrogen (secondary N) is 1. The lowest BCUT2D eigenvalue weighted by atomic mass is 9.94.